The van der Waals surface area contributed by atoms with Gasteiger partial charge in [0.2, 0.25) is 0 Å². The molecule has 0 saturated carbocycles. The second kappa shape index (κ2) is 5.72. The second-order valence-electron chi connectivity index (χ2n) is 3.51. The Morgan fingerprint density at radius 2 is 2.06 bits per heavy atom. The van der Waals surface area contributed by atoms with E-state index in [0.29, 0.717) is 0 Å². The third-order valence-corrected chi connectivity index (χ3v) is 3.45. The van der Waals surface area contributed by atoms with E-state index >= 15 is 0 Å². The van der Waals surface area contributed by atoms with Crippen molar-refractivity contribution < 1.29 is 20.1 Å². The van der Waals surface area contributed by atoms with E-state index in [1.54, 1.807) is 5.32 Å². The summed E-state index contributed by atoms with van der Waals surface area (Å²) in [4.78, 5) is 1.53. The minimum atomic E-state index is -2.71. The van der Waals surface area contributed by atoms with Crippen LogP contribution in [-0.4, -0.2) is 35.1 Å². The van der Waals surface area contributed by atoms with Gasteiger partial charge in [-0.25, -0.2) is 5.32 Å². The molecular formula is C10H17NO4S. The molecule has 4 N–H and O–H groups in total. The Morgan fingerprint density at radius 3 is 2.56 bits per heavy atom. The molecule has 1 aromatic heterocycles. The Bertz CT molecular complexity index is 332. The van der Waals surface area contributed by atoms with Crippen molar-refractivity contribution in [2.45, 2.75) is 26.0 Å². The molecule has 1 aliphatic heterocycles. The van der Waals surface area contributed by atoms with Crippen molar-refractivity contribution in [2.24, 2.45) is 0 Å². The molecule has 0 saturated heterocycles. The molecule has 0 amide bonds. The van der Waals surface area contributed by atoms with Crippen LogP contribution in [0.25, 0.3) is 0 Å². The number of thiophene rings is 1. The summed E-state index contributed by atoms with van der Waals surface area (Å²) < 4.78 is 5.34. The molecule has 1 aliphatic rings. The van der Waals surface area contributed by atoms with Crippen LogP contribution in [0.2, 0.25) is 0 Å². The van der Waals surface area contributed by atoms with Gasteiger partial charge in [-0.15, -0.1) is 11.3 Å². The van der Waals surface area contributed by atoms with Crippen LogP contribution in [0, 0.1) is 6.92 Å². The van der Waals surface area contributed by atoms with Crippen LogP contribution in [0.3, 0.4) is 0 Å². The lowest BCUT2D eigenvalue weighted by Gasteiger charge is -2.11. The largest absolute Gasteiger partial charge is 0.376 e. The summed E-state index contributed by atoms with van der Waals surface area (Å²) in [6.07, 6.45) is -1.59. The van der Waals surface area contributed by atoms with E-state index in [-0.39, 0.29) is 0 Å². The average molecular weight is 247 g/mol. The number of hydrogen-bond acceptors (Lipinski definition) is 6. The monoisotopic (exact) mass is 247 g/mol. The van der Waals surface area contributed by atoms with Crippen LogP contribution in [0.4, 0.5) is 0 Å². The lowest BCUT2D eigenvalue weighted by Crippen LogP contribution is -2.41. The molecule has 2 heterocycles. The SMILES string of the molecule is CNC(O)(O)O.Cc1csc2c1COCC2. The maximum Gasteiger partial charge on any atom is 0.342 e. The van der Waals surface area contributed by atoms with Gasteiger partial charge < -0.3 is 20.1 Å². The topological polar surface area (TPSA) is 82.0 Å². The fourth-order valence-electron chi connectivity index (χ4n) is 1.26. The summed E-state index contributed by atoms with van der Waals surface area (Å²) in [7, 11) is 1.21. The highest BCUT2D eigenvalue weighted by Gasteiger charge is 2.12. The number of aliphatic hydroxyl groups is 3. The first-order valence-electron chi connectivity index (χ1n) is 4.93. The molecule has 5 nitrogen and oxygen atoms in total. The number of hydrogen-bond donors (Lipinski definition) is 4. The van der Waals surface area contributed by atoms with Crippen molar-refractivity contribution in [1.29, 1.82) is 0 Å². The van der Waals surface area contributed by atoms with Crippen LogP contribution < -0.4 is 5.32 Å². The summed E-state index contributed by atoms with van der Waals surface area (Å²) in [5.74, 6) is 0. The summed E-state index contributed by atoms with van der Waals surface area (Å²) in [5.41, 5.74) is 2.84. The number of nitrogens with one attached hydrogen (secondary N) is 1. The average Bonchev–Trinajstić information content (AvgIpc) is 2.61. The van der Waals surface area contributed by atoms with E-state index in [4.69, 9.17) is 20.1 Å². The van der Waals surface area contributed by atoms with Crippen LogP contribution in [-0.2, 0) is 17.8 Å². The van der Waals surface area contributed by atoms with Crippen LogP contribution in [0.5, 0.6) is 0 Å². The predicted octanol–water partition coefficient (Wildman–Crippen LogP) is -0.0768. The van der Waals surface area contributed by atoms with Gasteiger partial charge in [0.05, 0.1) is 13.2 Å². The molecule has 0 aromatic carbocycles. The Hall–Kier alpha value is -0.500. The van der Waals surface area contributed by atoms with Gasteiger partial charge in [0, 0.05) is 11.3 Å². The molecule has 92 valence electrons. The van der Waals surface area contributed by atoms with Gasteiger partial charge in [-0.3, -0.25) is 0 Å². The van der Waals surface area contributed by atoms with E-state index in [2.05, 4.69) is 12.3 Å². The highest BCUT2D eigenvalue weighted by atomic mass is 32.1. The third-order valence-electron chi connectivity index (χ3n) is 2.25. The molecule has 0 aliphatic carbocycles. The standard InChI is InChI=1S/C8H10OS.C2H7NO3/c1-6-5-10-8-2-3-9-4-7(6)8;1-3-2(4,5)6/h5H,2-4H2,1H3;3-6H,1H3. The zero-order valence-corrected chi connectivity index (χ0v) is 10.2. The molecule has 0 spiro atoms. The van der Waals surface area contributed by atoms with Crippen molar-refractivity contribution in [1.82, 2.24) is 5.32 Å². The number of rotatable bonds is 1. The summed E-state index contributed by atoms with van der Waals surface area (Å²) in [5, 5.41) is 27.5. The molecule has 6 heteroatoms. The van der Waals surface area contributed by atoms with Crippen LogP contribution >= 0.6 is 11.3 Å². The van der Waals surface area contributed by atoms with Crippen molar-refractivity contribution in [3.8, 4) is 0 Å². The van der Waals surface area contributed by atoms with Gasteiger partial charge in [-0.1, -0.05) is 0 Å². The Kier molecular flexibility index (Phi) is 4.85. The lowest BCUT2D eigenvalue weighted by molar-refractivity contribution is -0.328. The minimum Gasteiger partial charge on any atom is -0.376 e. The predicted molar refractivity (Wildman–Crippen MR) is 60.9 cm³/mol. The molecule has 1 aromatic rings. The van der Waals surface area contributed by atoms with E-state index < -0.39 is 6.10 Å². The van der Waals surface area contributed by atoms with Gasteiger partial charge in [0.15, 0.2) is 0 Å². The first kappa shape index (κ1) is 13.6. The van der Waals surface area contributed by atoms with E-state index in [1.807, 2.05) is 11.3 Å². The fourth-order valence-corrected chi connectivity index (χ4v) is 2.29. The lowest BCUT2D eigenvalue weighted by atomic mass is 10.1. The molecule has 16 heavy (non-hydrogen) atoms. The molecule has 0 unspecified atom stereocenters. The van der Waals surface area contributed by atoms with Gasteiger partial charge >= 0.3 is 6.10 Å². The van der Waals surface area contributed by atoms with Crippen molar-refractivity contribution in [3.63, 3.8) is 0 Å². The van der Waals surface area contributed by atoms with Crippen molar-refractivity contribution >= 4 is 11.3 Å². The summed E-state index contributed by atoms with van der Waals surface area (Å²) in [6.45, 7) is 3.90. The van der Waals surface area contributed by atoms with Crippen LogP contribution in [0.1, 0.15) is 16.0 Å². The molecule has 0 radical (unpaired) electrons. The number of fused-ring (bicyclic) bond motifs is 1. The molecule has 0 bridgehead atoms. The second-order valence-corrected chi connectivity index (χ2v) is 4.47. The van der Waals surface area contributed by atoms with E-state index in [0.717, 1.165) is 19.6 Å². The van der Waals surface area contributed by atoms with Gasteiger partial charge in [-0.2, -0.15) is 0 Å². The Labute approximate surface area is 98.3 Å². The van der Waals surface area contributed by atoms with E-state index in [9.17, 15) is 0 Å². The van der Waals surface area contributed by atoms with Gasteiger partial charge in [0.1, 0.15) is 0 Å². The highest BCUT2D eigenvalue weighted by Crippen LogP contribution is 2.26. The quantitative estimate of drug-likeness (QED) is 0.522. The zero-order valence-electron chi connectivity index (χ0n) is 9.36. The smallest absolute Gasteiger partial charge is 0.342 e. The first-order valence-corrected chi connectivity index (χ1v) is 5.81. The maximum atomic E-state index is 7.83. The maximum absolute atomic E-state index is 7.83. The number of ether oxygens (including phenoxy) is 1. The van der Waals surface area contributed by atoms with E-state index in [1.165, 1.54) is 23.1 Å². The summed E-state index contributed by atoms with van der Waals surface area (Å²) >= 11 is 1.87. The number of aryl methyl sites for hydroxylation is 1. The molecular weight excluding hydrogens is 230 g/mol. The van der Waals surface area contributed by atoms with Crippen molar-refractivity contribution in [2.75, 3.05) is 13.7 Å². The molecule has 0 fully saturated rings. The highest BCUT2D eigenvalue weighted by molar-refractivity contribution is 7.10. The third kappa shape index (κ3) is 4.17. The Morgan fingerprint density at radius 1 is 1.44 bits per heavy atom. The Balaban J connectivity index is 0.000000187. The van der Waals surface area contributed by atoms with Crippen molar-refractivity contribution in [3.05, 3.63) is 21.4 Å². The van der Waals surface area contributed by atoms with Crippen LogP contribution in [0.15, 0.2) is 5.38 Å². The fraction of sp³-hybridized carbons (Fsp3) is 0.600. The minimum absolute atomic E-state index is 0.838. The summed E-state index contributed by atoms with van der Waals surface area (Å²) in [6, 6.07) is 0. The zero-order chi connectivity index (χ0) is 12.2. The molecule has 0 atom stereocenters. The molecule has 2 rings (SSSR count). The van der Waals surface area contributed by atoms with Gasteiger partial charge in [-0.05, 0) is 30.5 Å². The normalized spacial score (nSPS) is 15.1. The first-order chi connectivity index (χ1) is 7.44. The van der Waals surface area contributed by atoms with Gasteiger partial charge in [0.25, 0.3) is 0 Å².